The third-order valence-corrected chi connectivity index (χ3v) is 2.20. The zero-order chi connectivity index (χ0) is 8.55. The number of nitrogen functional groups attached to an aromatic ring is 1. The summed E-state index contributed by atoms with van der Waals surface area (Å²) in [6, 6.07) is 5.95. The van der Waals surface area contributed by atoms with Crippen LogP contribution in [0.4, 0.5) is 5.69 Å². The number of hydrogen-bond donors (Lipinski definition) is 2. The highest BCUT2D eigenvalue weighted by atomic mass is 14.7. The molecule has 2 rings (SSSR count). The summed E-state index contributed by atoms with van der Waals surface area (Å²) < 4.78 is 0. The van der Waals surface area contributed by atoms with Crippen LogP contribution in [0.1, 0.15) is 12.5 Å². The number of hydrogen-bond acceptors (Lipinski definition) is 1. The monoisotopic (exact) mass is 160 g/mol. The molecule has 2 nitrogen and oxygen atoms in total. The Morgan fingerprint density at radius 2 is 2.25 bits per heavy atom. The summed E-state index contributed by atoms with van der Waals surface area (Å²) in [6.45, 7) is 2.13. The van der Waals surface area contributed by atoms with E-state index < -0.39 is 0 Å². The van der Waals surface area contributed by atoms with Gasteiger partial charge in [-0.15, -0.1) is 0 Å². The maximum atomic E-state index is 5.86. The van der Waals surface area contributed by atoms with Crippen LogP contribution in [0.5, 0.6) is 0 Å². The van der Waals surface area contributed by atoms with Crippen LogP contribution in [0.25, 0.3) is 10.9 Å². The van der Waals surface area contributed by atoms with Crippen molar-refractivity contribution in [2.45, 2.75) is 13.3 Å². The third-order valence-electron chi connectivity index (χ3n) is 2.20. The van der Waals surface area contributed by atoms with E-state index in [2.05, 4.69) is 11.9 Å². The smallest absolute Gasteiger partial charge is 0.0477 e. The molecule has 0 aliphatic carbocycles. The minimum atomic E-state index is 0.866. The second-order valence-electron chi connectivity index (χ2n) is 2.94. The summed E-state index contributed by atoms with van der Waals surface area (Å²) in [5, 5.41) is 1.18. The van der Waals surface area contributed by atoms with Gasteiger partial charge in [0.2, 0.25) is 0 Å². The lowest BCUT2D eigenvalue weighted by molar-refractivity contribution is 1.15. The number of aryl methyl sites for hydroxylation is 1. The Morgan fingerprint density at radius 3 is 3.00 bits per heavy atom. The van der Waals surface area contributed by atoms with Gasteiger partial charge in [0.05, 0.1) is 0 Å². The lowest BCUT2D eigenvalue weighted by Gasteiger charge is -1.97. The van der Waals surface area contributed by atoms with E-state index in [9.17, 15) is 0 Å². The van der Waals surface area contributed by atoms with Crippen LogP contribution < -0.4 is 5.73 Å². The maximum absolute atomic E-state index is 5.86. The van der Waals surface area contributed by atoms with Crippen molar-refractivity contribution in [1.29, 1.82) is 0 Å². The van der Waals surface area contributed by atoms with Crippen LogP contribution in [-0.4, -0.2) is 4.98 Å². The van der Waals surface area contributed by atoms with Crippen molar-refractivity contribution in [3.8, 4) is 0 Å². The summed E-state index contributed by atoms with van der Waals surface area (Å²) in [4.78, 5) is 3.20. The lowest BCUT2D eigenvalue weighted by Crippen LogP contribution is -1.86. The van der Waals surface area contributed by atoms with Crippen LogP contribution in [0.3, 0.4) is 0 Å². The number of nitrogens with two attached hydrogens (primary N) is 1. The highest BCUT2D eigenvalue weighted by molar-refractivity contribution is 5.93. The van der Waals surface area contributed by atoms with Crippen LogP contribution >= 0.6 is 0 Å². The van der Waals surface area contributed by atoms with Gasteiger partial charge >= 0.3 is 0 Å². The first-order valence-corrected chi connectivity index (χ1v) is 4.17. The van der Waals surface area contributed by atoms with E-state index >= 15 is 0 Å². The molecule has 0 saturated carbocycles. The zero-order valence-corrected chi connectivity index (χ0v) is 7.09. The first kappa shape index (κ1) is 7.22. The molecular weight excluding hydrogens is 148 g/mol. The summed E-state index contributed by atoms with van der Waals surface area (Å²) in [7, 11) is 0. The number of fused-ring (bicyclic) bond motifs is 1. The highest BCUT2D eigenvalue weighted by Gasteiger charge is 2.03. The molecule has 1 aromatic carbocycles. The molecule has 3 N–H and O–H groups in total. The molecule has 0 fully saturated rings. The molecule has 0 aliphatic rings. The number of anilines is 1. The van der Waals surface area contributed by atoms with Crippen molar-refractivity contribution in [2.75, 3.05) is 5.73 Å². The van der Waals surface area contributed by atoms with Crippen molar-refractivity contribution >= 4 is 16.6 Å². The molecule has 2 heteroatoms. The van der Waals surface area contributed by atoms with Crippen LogP contribution in [0.2, 0.25) is 0 Å². The van der Waals surface area contributed by atoms with Gasteiger partial charge in [0.25, 0.3) is 0 Å². The Kier molecular flexibility index (Phi) is 1.54. The predicted octanol–water partition coefficient (Wildman–Crippen LogP) is 2.31. The molecule has 0 atom stereocenters. The molecule has 0 saturated heterocycles. The molecule has 0 bridgehead atoms. The molecule has 0 spiro atoms. The Hall–Kier alpha value is -1.44. The number of H-pyrrole nitrogens is 1. The van der Waals surface area contributed by atoms with Gasteiger partial charge in [-0.2, -0.15) is 0 Å². The van der Waals surface area contributed by atoms with Gasteiger partial charge in [-0.05, 0) is 24.1 Å². The Balaban J connectivity index is 2.83. The second-order valence-corrected chi connectivity index (χ2v) is 2.94. The fourth-order valence-electron chi connectivity index (χ4n) is 1.56. The van der Waals surface area contributed by atoms with E-state index in [1.165, 1.54) is 10.9 Å². The first-order chi connectivity index (χ1) is 5.83. The third kappa shape index (κ3) is 0.881. The van der Waals surface area contributed by atoms with Gasteiger partial charge in [0.1, 0.15) is 0 Å². The quantitative estimate of drug-likeness (QED) is 0.617. The van der Waals surface area contributed by atoms with Crippen molar-refractivity contribution in [3.63, 3.8) is 0 Å². The summed E-state index contributed by atoms with van der Waals surface area (Å²) in [6.07, 6.45) is 3.05. The number of rotatable bonds is 1. The van der Waals surface area contributed by atoms with Crippen LogP contribution in [0, 0.1) is 0 Å². The fourth-order valence-corrected chi connectivity index (χ4v) is 1.56. The molecule has 1 heterocycles. The van der Waals surface area contributed by atoms with Gasteiger partial charge in [0, 0.05) is 22.8 Å². The van der Waals surface area contributed by atoms with E-state index in [1.807, 2.05) is 24.4 Å². The van der Waals surface area contributed by atoms with Gasteiger partial charge in [-0.1, -0.05) is 13.0 Å². The molecule has 12 heavy (non-hydrogen) atoms. The number of aromatic nitrogens is 1. The molecule has 62 valence electrons. The Bertz CT molecular complexity index is 401. The van der Waals surface area contributed by atoms with Gasteiger partial charge < -0.3 is 10.7 Å². The van der Waals surface area contributed by atoms with Crippen molar-refractivity contribution in [2.24, 2.45) is 0 Å². The Labute approximate surface area is 71.4 Å². The molecular formula is C10H12N2. The van der Waals surface area contributed by atoms with E-state index in [0.717, 1.165) is 17.6 Å². The van der Waals surface area contributed by atoms with Crippen molar-refractivity contribution in [3.05, 3.63) is 30.0 Å². The molecule has 0 amide bonds. The first-order valence-electron chi connectivity index (χ1n) is 4.17. The van der Waals surface area contributed by atoms with Crippen LogP contribution in [-0.2, 0) is 6.42 Å². The molecule has 1 aromatic heterocycles. The van der Waals surface area contributed by atoms with Crippen molar-refractivity contribution < 1.29 is 0 Å². The number of nitrogens with one attached hydrogen (secondary N) is 1. The lowest BCUT2D eigenvalue weighted by atomic mass is 10.1. The fraction of sp³-hybridized carbons (Fsp3) is 0.200. The van der Waals surface area contributed by atoms with Crippen molar-refractivity contribution in [1.82, 2.24) is 4.98 Å². The van der Waals surface area contributed by atoms with E-state index in [1.54, 1.807) is 0 Å². The normalized spacial score (nSPS) is 10.8. The Morgan fingerprint density at radius 1 is 1.42 bits per heavy atom. The minimum Gasteiger partial charge on any atom is -0.398 e. The van der Waals surface area contributed by atoms with E-state index in [0.29, 0.717) is 0 Å². The summed E-state index contributed by atoms with van der Waals surface area (Å²) in [5.41, 5.74) is 9.15. The molecule has 0 aliphatic heterocycles. The molecule has 2 aromatic rings. The SMILES string of the molecule is CCc1c[nH]c2cccc(N)c12. The molecule has 0 radical (unpaired) electrons. The summed E-state index contributed by atoms with van der Waals surface area (Å²) in [5.74, 6) is 0. The highest BCUT2D eigenvalue weighted by Crippen LogP contribution is 2.24. The maximum Gasteiger partial charge on any atom is 0.0477 e. The molecule has 0 unspecified atom stereocenters. The largest absolute Gasteiger partial charge is 0.398 e. The predicted molar refractivity (Wildman–Crippen MR) is 52.1 cm³/mol. The standard InChI is InChI=1S/C10H12N2/c1-2-7-6-12-9-5-3-4-8(11)10(7)9/h3-6,12H,2,11H2,1H3. The summed E-state index contributed by atoms with van der Waals surface area (Å²) >= 11 is 0. The number of aromatic amines is 1. The average Bonchev–Trinajstić information content (AvgIpc) is 2.49. The topological polar surface area (TPSA) is 41.8 Å². The number of benzene rings is 1. The average molecular weight is 160 g/mol. The van der Waals surface area contributed by atoms with Gasteiger partial charge in [-0.3, -0.25) is 0 Å². The second kappa shape index (κ2) is 2.55. The van der Waals surface area contributed by atoms with E-state index in [4.69, 9.17) is 5.73 Å². The minimum absolute atomic E-state index is 0.866. The zero-order valence-electron chi connectivity index (χ0n) is 7.09. The van der Waals surface area contributed by atoms with Gasteiger partial charge in [0.15, 0.2) is 0 Å². The van der Waals surface area contributed by atoms with E-state index in [-0.39, 0.29) is 0 Å². The van der Waals surface area contributed by atoms with Crippen LogP contribution in [0.15, 0.2) is 24.4 Å². The van der Waals surface area contributed by atoms with Gasteiger partial charge in [-0.25, -0.2) is 0 Å².